The maximum atomic E-state index is 4.28. The van der Waals surface area contributed by atoms with Gasteiger partial charge in [-0.2, -0.15) is 0 Å². The first kappa shape index (κ1) is 27.6. The van der Waals surface area contributed by atoms with Gasteiger partial charge in [-0.25, -0.2) is 0 Å². The van der Waals surface area contributed by atoms with Crippen LogP contribution < -0.4 is 13.6 Å². The van der Waals surface area contributed by atoms with Crippen molar-refractivity contribution in [3.05, 3.63) is 80.7 Å². The van der Waals surface area contributed by atoms with E-state index in [9.17, 15) is 0 Å². The zero-order valence-corrected chi connectivity index (χ0v) is 24.3. The molecule has 1 N–H and O–H groups in total. The number of nitrogens with one attached hydrogen (secondary N) is 1. The summed E-state index contributed by atoms with van der Waals surface area (Å²) in [4.78, 5) is 0. The summed E-state index contributed by atoms with van der Waals surface area (Å²) in [7, 11) is 0. The molecule has 5 heteroatoms. The summed E-state index contributed by atoms with van der Waals surface area (Å²) >= 11 is -2.15. The summed E-state index contributed by atoms with van der Waals surface area (Å²) in [5.74, 6) is -0.714. The van der Waals surface area contributed by atoms with Crippen molar-refractivity contribution < 1.29 is 21.2 Å². The third-order valence-corrected chi connectivity index (χ3v) is 26.6. The molecule has 2 unspecified atom stereocenters. The van der Waals surface area contributed by atoms with Crippen molar-refractivity contribution >= 4 is 41.1 Å². The number of halogens is 2. The molecular weight excluding hydrogens is 504 g/mol. The third-order valence-electron chi connectivity index (χ3n) is 6.50. The van der Waals surface area contributed by atoms with Crippen LogP contribution in [0.2, 0.25) is 0 Å². The molecule has 0 aromatic heterocycles. The standard InChI is InChI=1S/C12H11Si.C9H13.C4H10N.2ClH.Zr/c1-3-7-11(8-4-1)13-12-9-5-2-6-10-12;1-6-5-7(2)9(4)8(6)3;1-3-4(2)5;;;/h1-10,13H;6H,1-4H3;4-5H,3H2,1-2H3;2*1H;/q;;-1;;;+1. The van der Waals surface area contributed by atoms with Crippen LogP contribution in [0.3, 0.4) is 0 Å². The van der Waals surface area contributed by atoms with Crippen molar-refractivity contribution in [3.8, 4) is 0 Å². The fraction of sp³-hybridized carbons (Fsp3) is 0.360. The SMILES string of the molecule is CCC(C)[NH][Zr]([C]1=C(C)C(C)=C(C)C1C)[SiH](c1ccccc1)c1ccccc1.Cl.Cl. The molecule has 1 aliphatic carbocycles. The van der Waals surface area contributed by atoms with Crippen LogP contribution in [0.5, 0.6) is 0 Å². The van der Waals surface area contributed by atoms with E-state index >= 15 is 0 Å². The van der Waals surface area contributed by atoms with Crippen molar-refractivity contribution in [2.24, 2.45) is 5.92 Å². The van der Waals surface area contributed by atoms with Gasteiger partial charge >= 0.3 is 181 Å². The maximum absolute atomic E-state index is 4.28. The molecule has 30 heavy (non-hydrogen) atoms. The monoisotopic (exact) mass is 538 g/mol. The molecule has 2 atom stereocenters. The van der Waals surface area contributed by atoms with Crippen molar-refractivity contribution in [1.29, 1.82) is 0 Å². The normalized spacial score (nSPS) is 17.0. The average Bonchev–Trinajstić information content (AvgIpc) is 2.92. The van der Waals surface area contributed by atoms with Crippen molar-refractivity contribution in [1.82, 2.24) is 3.26 Å². The van der Waals surface area contributed by atoms with Gasteiger partial charge < -0.3 is 0 Å². The van der Waals surface area contributed by atoms with E-state index < -0.39 is 27.1 Å². The Kier molecular flexibility index (Phi) is 11.6. The Hall–Kier alpha value is -0.440. The molecule has 0 bridgehead atoms. The maximum Gasteiger partial charge on any atom is -0.147 e. The first-order valence-corrected chi connectivity index (χ1v) is 19.0. The van der Waals surface area contributed by atoms with E-state index in [1.807, 2.05) is 3.28 Å². The predicted molar refractivity (Wildman–Crippen MR) is 137 cm³/mol. The fourth-order valence-electron chi connectivity index (χ4n) is 4.30. The zero-order valence-electron chi connectivity index (χ0n) is 19.0. The van der Waals surface area contributed by atoms with Gasteiger partial charge in [-0.15, -0.1) is 24.8 Å². The van der Waals surface area contributed by atoms with Crippen LogP contribution >= 0.6 is 24.8 Å². The molecular formula is C25H36Cl2NSiZr. The summed E-state index contributed by atoms with van der Waals surface area (Å²) < 4.78 is 6.10. The van der Waals surface area contributed by atoms with E-state index in [4.69, 9.17) is 0 Å². The summed E-state index contributed by atoms with van der Waals surface area (Å²) in [6.45, 7) is 14.2. The largest absolute Gasteiger partial charge is 0.147 e. The summed E-state index contributed by atoms with van der Waals surface area (Å²) in [6, 6.07) is 23.4. The van der Waals surface area contributed by atoms with Crippen LogP contribution in [0.15, 0.2) is 80.7 Å². The van der Waals surface area contributed by atoms with Crippen molar-refractivity contribution in [3.63, 3.8) is 0 Å². The Morgan fingerprint density at radius 2 is 1.33 bits per heavy atom. The Bertz CT molecular complexity index is 828. The quantitative estimate of drug-likeness (QED) is 0.454. The number of rotatable bonds is 7. The van der Waals surface area contributed by atoms with Crippen LogP contribution in [0.1, 0.15) is 48.0 Å². The van der Waals surface area contributed by atoms with Gasteiger partial charge in [0.1, 0.15) is 0 Å². The van der Waals surface area contributed by atoms with Crippen LogP contribution in [0, 0.1) is 5.92 Å². The molecule has 0 fully saturated rings. The second-order valence-corrected chi connectivity index (χ2v) is 22.1. The van der Waals surface area contributed by atoms with Crippen LogP contribution in [0.4, 0.5) is 0 Å². The minimum Gasteiger partial charge on any atom is -0.147 e. The number of hydrogen-bond donors (Lipinski definition) is 1. The van der Waals surface area contributed by atoms with Crippen molar-refractivity contribution in [2.75, 3.05) is 0 Å². The van der Waals surface area contributed by atoms with Gasteiger partial charge in [0.15, 0.2) is 0 Å². The molecule has 0 amide bonds. The first-order chi connectivity index (χ1) is 13.5. The van der Waals surface area contributed by atoms with Crippen molar-refractivity contribution in [2.45, 2.75) is 54.0 Å². The second kappa shape index (κ2) is 12.6. The van der Waals surface area contributed by atoms with Gasteiger partial charge in [-0.1, -0.05) is 0 Å². The predicted octanol–water partition coefficient (Wildman–Crippen LogP) is 5.55. The minimum atomic E-state index is -2.15. The summed E-state index contributed by atoms with van der Waals surface area (Å²) in [5, 5.41) is 3.21. The molecule has 0 saturated carbocycles. The molecule has 3 rings (SSSR count). The number of hydrogen-bond acceptors (Lipinski definition) is 1. The Labute approximate surface area is 204 Å². The third kappa shape index (κ3) is 5.87. The summed E-state index contributed by atoms with van der Waals surface area (Å²) in [5.41, 5.74) is 4.73. The van der Waals surface area contributed by atoms with Gasteiger partial charge in [0.2, 0.25) is 0 Å². The minimum absolute atomic E-state index is 0. The van der Waals surface area contributed by atoms with Gasteiger partial charge in [0.25, 0.3) is 0 Å². The Morgan fingerprint density at radius 3 is 1.70 bits per heavy atom. The average molecular weight is 541 g/mol. The molecule has 0 aliphatic heterocycles. The van der Waals surface area contributed by atoms with E-state index in [0.717, 1.165) is 0 Å². The van der Waals surface area contributed by atoms with E-state index in [1.54, 1.807) is 27.1 Å². The molecule has 2 aromatic carbocycles. The zero-order chi connectivity index (χ0) is 20.3. The van der Waals surface area contributed by atoms with Gasteiger partial charge in [0.05, 0.1) is 0 Å². The number of benzene rings is 2. The van der Waals surface area contributed by atoms with Crippen LogP contribution in [-0.2, 0) is 21.2 Å². The summed E-state index contributed by atoms with van der Waals surface area (Å²) in [6.07, 6.45) is 1.20. The fourth-order valence-corrected chi connectivity index (χ4v) is 28.1. The molecule has 1 aliphatic rings. The van der Waals surface area contributed by atoms with Gasteiger partial charge in [-0.05, 0) is 0 Å². The van der Waals surface area contributed by atoms with Gasteiger partial charge in [0, 0.05) is 0 Å². The molecule has 0 heterocycles. The van der Waals surface area contributed by atoms with Gasteiger partial charge in [-0.3, -0.25) is 0 Å². The molecule has 0 saturated heterocycles. The Morgan fingerprint density at radius 1 is 0.867 bits per heavy atom. The molecule has 2 aromatic rings. The van der Waals surface area contributed by atoms with E-state index in [-0.39, 0.29) is 24.8 Å². The molecule has 1 nitrogen and oxygen atoms in total. The van der Waals surface area contributed by atoms with E-state index in [2.05, 4.69) is 105 Å². The topological polar surface area (TPSA) is 12.0 Å². The van der Waals surface area contributed by atoms with Crippen LogP contribution in [0.25, 0.3) is 0 Å². The van der Waals surface area contributed by atoms with Crippen LogP contribution in [-0.4, -0.2) is 12.0 Å². The second-order valence-electron chi connectivity index (χ2n) is 8.19. The number of allylic oxidation sites excluding steroid dienone is 4. The first-order valence-electron chi connectivity index (χ1n) is 10.6. The smallest absolute Gasteiger partial charge is 0.147 e. The van der Waals surface area contributed by atoms with E-state index in [1.165, 1.54) is 6.42 Å². The molecule has 163 valence electrons. The van der Waals surface area contributed by atoms with E-state index in [0.29, 0.717) is 12.0 Å². The molecule has 0 radical (unpaired) electrons. The Balaban J connectivity index is 0.00000225. The molecule has 0 spiro atoms.